The minimum absolute atomic E-state index is 0.312. The maximum absolute atomic E-state index is 11.9. The molecule has 1 atom stereocenters. The normalized spacial score (nSPS) is 22.1. The molecule has 1 saturated heterocycles. The van der Waals surface area contributed by atoms with Gasteiger partial charge in [-0.25, -0.2) is 0 Å². The van der Waals surface area contributed by atoms with Gasteiger partial charge < -0.3 is 15.1 Å². The molecule has 2 fully saturated rings. The Morgan fingerprint density at radius 2 is 1.82 bits per heavy atom. The second kappa shape index (κ2) is 6.54. The van der Waals surface area contributed by atoms with E-state index >= 15 is 0 Å². The number of fused-ring (bicyclic) bond motifs is 1. The van der Waals surface area contributed by atoms with E-state index < -0.39 is 0 Å². The summed E-state index contributed by atoms with van der Waals surface area (Å²) in [4.78, 5) is 16.2. The van der Waals surface area contributed by atoms with E-state index in [1.54, 1.807) is 0 Å². The van der Waals surface area contributed by atoms with E-state index in [9.17, 15) is 4.79 Å². The standard InChI is InChI=1S/C24H29N3O/c1-3-23(28)27-12-10-24(11-13-27)15-20(24)18-6-4-17(5-7-18)19-8-9-22-21(14-19)25-16-26(22)2/h4-9,14,20,25H,3,10-13,15-16H2,1-2H3/t20-/m1/s1. The van der Waals surface area contributed by atoms with Crippen LogP contribution in [0, 0.1) is 5.41 Å². The molecule has 4 nitrogen and oxygen atoms in total. The van der Waals surface area contributed by atoms with Crippen LogP contribution in [0.25, 0.3) is 11.1 Å². The molecule has 1 N–H and O–H groups in total. The summed E-state index contributed by atoms with van der Waals surface area (Å²) in [5.41, 5.74) is 6.96. The van der Waals surface area contributed by atoms with Crippen LogP contribution in [0.3, 0.4) is 0 Å². The number of piperidine rings is 1. The maximum Gasteiger partial charge on any atom is 0.222 e. The van der Waals surface area contributed by atoms with Crippen molar-refractivity contribution in [1.82, 2.24) is 4.90 Å². The minimum Gasteiger partial charge on any atom is -0.366 e. The molecule has 4 heteroatoms. The number of hydrogen-bond acceptors (Lipinski definition) is 3. The fraction of sp³-hybridized carbons (Fsp3) is 0.458. The molecule has 0 radical (unpaired) electrons. The number of carbonyl (C=O) groups is 1. The van der Waals surface area contributed by atoms with Crippen LogP contribution in [-0.4, -0.2) is 37.6 Å². The molecule has 1 amide bonds. The Hall–Kier alpha value is -2.49. The van der Waals surface area contributed by atoms with Crippen LogP contribution < -0.4 is 10.2 Å². The highest BCUT2D eigenvalue weighted by atomic mass is 16.2. The van der Waals surface area contributed by atoms with Crippen molar-refractivity contribution in [2.45, 2.75) is 38.5 Å². The van der Waals surface area contributed by atoms with Gasteiger partial charge in [0.05, 0.1) is 18.0 Å². The van der Waals surface area contributed by atoms with Crippen LogP contribution in [0.1, 0.15) is 44.1 Å². The third-order valence-electron chi connectivity index (χ3n) is 7.16. The predicted octanol–water partition coefficient (Wildman–Crippen LogP) is 4.68. The number of carbonyl (C=O) groups excluding carboxylic acids is 1. The van der Waals surface area contributed by atoms with Crippen molar-refractivity contribution in [3.63, 3.8) is 0 Å². The quantitative estimate of drug-likeness (QED) is 0.846. The van der Waals surface area contributed by atoms with E-state index in [2.05, 4.69) is 64.6 Å². The molecule has 2 aromatic rings. The van der Waals surface area contributed by atoms with Gasteiger partial charge in [0.1, 0.15) is 0 Å². The summed E-state index contributed by atoms with van der Waals surface area (Å²) in [5, 5.41) is 3.45. The first kappa shape index (κ1) is 17.6. The molecule has 146 valence electrons. The molecule has 1 aliphatic carbocycles. The Morgan fingerprint density at radius 1 is 1.11 bits per heavy atom. The van der Waals surface area contributed by atoms with E-state index in [1.165, 1.54) is 34.5 Å². The average molecular weight is 376 g/mol. The lowest BCUT2D eigenvalue weighted by Gasteiger charge is -2.33. The third kappa shape index (κ3) is 2.86. The highest BCUT2D eigenvalue weighted by Crippen LogP contribution is 2.65. The Morgan fingerprint density at radius 3 is 2.54 bits per heavy atom. The molecule has 0 aromatic heterocycles. The number of nitrogens with zero attached hydrogens (tertiary/aromatic N) is 2. The van der Waals surface area contributed by atoms with Crippen LogP contribution in [-0.2, 0) is 4.79 Å². The van der Waals surface area contributed by atoms with Crippen LogP contribution in [0.5, 0.6) is 0 Å². The molecule has 2 heterocycles. The zero-order valence-corrected chi connectivity index (χ0v) is 16.9. The van der Waals surface area contributed by atoms with E-state index in [1.807, 2.05) is 6.92 Å². The SMILES string of the molecule is CCC(=O)N1CCC2(CC1)C[C@@H]2c1ccc(-c2ccc3c(c2)NCN3C)cc1. The largest absolute Gasteiger partial charge is 0.366 e. The van der Waals surface area contributed by atoms with Gasteiger partial charge in [-0.2, -0.15) is 0 Å². The zero-order chi connectivity index (χ0) is 19.3. The summed E-state index contributed by atoms with van der Waals surface area (Å²) in [5.74, 6) is 0.988. The number of nitrogens with one attached hydrogen (secondary N) is 1. The lowest BCUT2D eigenvalue weighted by molar-refractivity contribution is -0.132. The summed E-state index contributed by atoms with van der Waals surface area (Å²) in [6.07, 6.45) is 4.24. The Labute approximate surface area is 167 Å². The van der Waals surface area contributed by atoms with E-state index in [0.717, 1.165) is 32.6 Å². The van der Waals surface area contributed by atoms with Crippen molar-refractivity contribution >= 4 is 17.3 Å². The van der Waals surface area contributed by atoms with Gasteiger partial charge in [0.25, 0.3) is 0 Å². The smallest absolute Gasteiger partial charge is 0.222 e. The van der Waals surface area contributed by atoms with Gasteiger partial charge in [-0.05, 0) is 59.4 Å². The third-order valence-corrected chi connectivity index (χ3v) is 7.16. The fourth-order valence-corrected chi connectivity index (χ4v) is 5.18. The Bertz CT molecular complexity index is 897. The van der Waals surface area contributed by atoms with Crippen molar-refractivity contribution in [3.8, 4) is 11.1 Å². The first-order valence-electron chi connectivity index (χ1n) is 10.6. The van der Waals surface area contributed by atoms with Crippen molar-refractivity contribution in [2.24, 2.45) is 5.41 Å². The molecule has 1 spiro atoms. The fourth-order valence-electron chi connectivity index (χ4n) is 5.18. The van der Waals surface area contributed by atoms with Gasteiger partial charge >= 0.3 is 0 Å². The van der Waals surface area contributed by atoms with Gasteiger partial charge in [-0.3, -0.25) is 4.79 Å². The summed E-state index contributed by atoms with van der Waals surface area (Å²) in [6, 6.07) is 15.9. The monoisotopic (exact) mass is 375 g/mol. The Balaban J connectivity index is 1.28. The van der Waals surface area contributed by atoms with Gasteiger partial charge in [-0.15, -0.1) is 0 Å². The van der Waals surface area contributed by atoms with Gasteiger partial charge in [0.2, 0.25) is 5.91 Å². The second-order valence-electron chi connectivity index (χ2n) is 8.74. The lowest BCUT2D eigenvalue weighted by atomic mass is 9.88. The number of amides is 1. The van der Waals surface area contributed by atoms with Crippen LogP contribution >= 0.6 is 0 Å². The first-order chi connectivity index (χ1) is 13.6. The summed E-state index contributed by atoms with van der Waals surface area (Å²) < 4.78 is 0. The number of anilines is 2. The van der Waals surface area contributed by atoms with Gasteiger partial charge in [0, 0.05) is 26.6 Å². The highest BCUT2D eigenvalue weighted by Gasteiger charge is 2.55. The molecule has 2 aromatic carbocycles. The number of benzene rings is 2. The van der Waals surface area contributed by atoms with Crippen molar-refractivity contribution in [1.29, 1.82) is 0 Å². The summed E-state index contributed by atoms with van der Waals surface area (Å²) in [7, 11) is 2.11. The topological polar surface area (TPSA) is 35.6 Å². The minimum atomic E-state index is 0.312. The Kier molecular flexibility index (Phi) is 4.11. The number of rotatable bonds is 3. The first-order valence-corrected chi connectivity index (χ1v) is 10.6. The molecular weight excluding hydrogens is 346 g/mol. The number of hydrogen-bond donors (Lipinski definition) is 1. The lowest BCUT2D eigenvalue weighted by Crippen LogP contribution is -2.39. The van der Waals surface area contributed by atoms with Crippen molar-refractivity contribution < 1.29 is 4.79 Å². The maximum atomic E-state index is 11.9. The van der Waals surface area contributed by atoms with Crippen molar-refractivity contribution in [3.05, 3.63) is 48.0 Å². The summed E-state index contributed by atoms with van der Waals surface area (Å²) >= 11 is 0. The molecule has 28 heavy (non-hydrogen) atoms. The molecule has 1 saturated carbocycles. The van der Waals surface area contributed by atoms with Crippen molar-refractivity contribution in [2.75, 3.05) is 37.0 Å². The molecule has 2 aliphatic heterocycles. The number of likely N-dealkylation sites (tertiary alicyclic amines) is 1. The predicted molar refractivity (Wildman–Crippen MR) is 115 cm³/mol. The van der Waals surface area contributed by atoms with E-state index in [-0.39, 0.29) is 0 Å². The van der Waals surface area contributed by atoms with Crippen LogP contribution in [0.15, 0.2) is 42.5 Å². The molecule has 5 rings (SSSR count). The highest BCUT2D eigenvalue weighted by molar-refractivity contribution is 5.81. The van der Waals surface area contributed by atoms with Crippen LogP contribution in [0.4, 0.5) is 11.4 Å². The molecular formula is C24H29N3O. The molecule has 3 aliphatic rings. The average Bonchev–Trinajstić information content (AvgIpc) is 3.31. The molecule has 0 bridgehead atoms. The van der Waals surface area contributed by atoms with Gasteiger partial charge in [0.15, 0.2) is 0 Å². The second-order valence-corrected chi connectivity index (χ2v) is 8.74. The van der Waals surface area contributed by atoms with Crippen LogP contribution in [0.2, 0.25) is 0 Å². The van der Waals surface area contributed by atoms with E-state index in [0.29, 0.717) is 23.7 Å². The summed E-state index contributed by atoms with van der Waals surface area (Å²) in [6.45, 7) is 4.72. The van der Waals surface area contributed by atoms with E-state index in [4.69, 9.17) is 0 Å². The van der Waals surface area contributed by atoms with Gasteiger partial charge in [-0.1, -0.05) is 37.3 Å². The molecule has 0 unspecified atom stereocenters. The zero-order valence-electron chi connectivity index (χ0n) is 16.9.